The molecule has 0 spiro atoms. The van der Waals surface area contributed by atoms with E-state index in [2.05, 4.69) is 5.32 Å². The van der Waals surface area contributed by atoms with E-state index in [9.17, 15) is 41.9 Å². The van der Waals surface area contributed by atoms with Gasteiger partial charge in [0.1, 0.15) is 6.04 Å². The SMILES string of the molecule is CC(C)(C)CNC(=O)N1C(=O)N(c2cccc(C(F)(F)F)c2)C2=C(C(=O)CCC2)[C@H]1c1ccc(C#N)cc1S(C)(O)O. The van der Waals surface area contributed by atoms with Crippen molar-refractivity contribution in [1.29, 1.82) is 5.26 Å². The number of nitrogens with one attached hydrogen (secondary N) is 1. The topological polar surface area (TPSA) is 134 Å². The molecule has 9 nitrogen and oxygen atoms in total. The van der Waals surface area contributed by atoms with Crippen LogP contribution in [0.2, 0.25) is 0 Å². The normalized spacial score (nSPS) is 18.5. The van der Waals surface area contributed by atoms with Crippen molar-refractivity contribution in [2.75, 3.05) is 17.7 Å². The zero-order valence-corrected chi connectivity index (χ0v) is 24.3. The Morgan fingerprint density at radius 1 is 1.12 bits per heavy atom. The highest BCUT2D eigenvalue weighted by molar-refractivity contribution is 8.23. The molecule has 0 aromatic heterocycles. The minimum absolute atomic E-state index is 0.0150. The van der Waals surface area contributed by atoms with Crippen LogP contribution < -0.4 is 10.2 Å². The van der Waals surface area contributed by atoms with Gasteiger partial charge in [0, 0.05) is 36.1 Å². The monoisotopic (exact) mass is 604 g/mol. The summed E-state index contributed by atoms with van der Waals surface area (Å²) in [4.78, 5) is 43.2. The molecule has 13 heteroatoms. The van der Waals surface area contributed by atoms with E-state index in [0.29, 0.717) is 6.42 Å². The fraction of sp³-hybridized carbons (Fsp3) is 0.379. The number of anilines is 1. The molecule has 0 saturated heterocycles. The van der Waals surface area contributed by atoms with Gasteiger partial charge in [0.05, 0.1) is 27.8 Å². The molecular formula is C29H31F3N4O5S. The molecule has 3 N–H and O–H groups in total. The first-order chi connectivity index (χ1) is 19.4. The lowest BCUT2D eigenvalue weighted by atomic mass is 9.83. The summed E-state index contributed by atoms with van der Waals surface area (Å²) in [5, 5.41) is 12.1. The highest BCUT2D eigenvalue weighted by Crippen LogP contribution is 2.52. The summed E-state index contributed by atoms with van der Waals surface area (Å²) in [7, 11) is -3.55. The molecule has 224 valence electrons. The van der Waals surface area contributed by atoms with Crippen LogP contribution in [0, 0.1) is 16.7 Å². The van der Waals surface area contributed by atoms with Crippen molar-refractivity contribution in [2.45, 2.75) is 57.1 Å². The lowest BCUT2D eigenvalue weighted by molar-refractivity contribution is -0.137. The number of amides is 4. The Balaban J connectivity index is 2.03. The molecule has 2 aromatic rings. The van der Waals surface area contributed by atoms with Gasteiger partial charge < -0.3 is 5.32 Å². The average molecular weight is 605 g/mol. The Hall–Kier alpha value is -3.86. The van der Waals surface area contributed by atoms with E-state index < -0.39 is 51.6 Å². The highest BCUT2D eigenvalue weighted by Gasteiger charge is 2.49. The Bertz CT molecular complexity index is 1520. The number of carbonyl (C=O) groups is 3. The Labute approximate surface area is 243 Å². The standard InChI is InChI=1S/C29H31F3N4O5S/c1-28(2,3)16-34-26(38)36-25(20-12-11-17(15-33)13-23(20)42(4,40)41)24-21(9-6-10-22(24)37)35(27(36)39)19-8-5-7-18(14-19)29(30,31)32/h5,7-8,11-14,25,40-41H,6,9-10,16H2,1-4H3,(H,34,38)/t25-/m1/s1. The maximum Gasteiger partial charge on any atom is 0.416 e. The number of Topliss-reactive ketones (excluding diaryl/α,β-unsaturated/α-hetero) is 1. The average Bonchev–Trinajstić information content (AvgIpc) is 2.89. The summed E-state index contributed by atoms with van der Waals surface area (Å²) in [5.74, 6) is -0.442. The lowest BCUT2D eigenvalue weighted by Gasteiger charge is -2.45. The van der Waals surface area contributed by atoms with E-state index in [1.54, 1.807) is 0 Å². The molecule has 0 bridgehead atoms. The van der Waals surface area contributed by atoms with Crippen LogP contribution >= 0.6 is 10.6 Å². The van der Waals surface area contributed by atoms with Gasteiger partial charge in [-0.1, -0.05) is 32.9 Å². The van der Waals surface area contributed by atoms with Crippen molar-refractivity contribution >= 4 is 34.1 Å². The smallest absolute Gasteiger partial charge is 0.337 e. The second kappa shape index (κ2) is 11.1. The highest BCUT2D eigenvalue weighted by atomic mass is 32.3. The number of benzene rings is 2. The van der Waals surface area contributed by atoms with E-state index in [0.717, 1.165) is 34.3 Å². The van der Waals surface area contributed by atoms with Crippen LogP contribution in [0.1, 0.15) is 62.8 Å². The first-order valence-corrected chi connectivity index (χ1v) is 15.0. The van der Waals surface area contributed by atoms with Gasteiger partial charge in [0.2, 0.25) is 0 Å². The Kier molecular flexibility index (Phi) is 8.21. The number of nitrogens with zero attached hydrogens (tertiary/aromatic N) is 3. The number of hydrogen-bond donors (Lipinski definition) is 3. The van der Waals surface area contributed by atoms with Crippen molar-refractivity contribution in [3.63, 3.8) is 0 Å². The molecule has 0 unspecified atom stereocenters. The third kappa shape index (κ3) is 6.16. The summed E-state index contributed by atoms with van der Waals surface area (Å²) in [6.07, 6.45) is -3.09. The van der Waals surface area contributed by atoms with Crippen LogP contribution in [0.4, 0.5) is 28.4 Å². The molecule has 2 aliphatic rings. The van der Waals surface area contributed by atoms with Gasteiger partial charge in [-0.3, -0.25) is 18.8 Å². The number of carbonyl (C=O) groups excluding carboxylic acids is 3. The minimum Gasteiger partial charge on any atom is -0.337 e. The fourth-order valence-corrected chi connectivity index (χ4v) is 6.01. The minimum atomic E-state index is -4.71. The van der Waals surface area contributed by atoms with Gasteiger partial charge in [0.15, 0.2) is 5.78 Å². The third-order valence-corrected chi connectivity index (χ3v) is 8.09. The first-order valence-electron chi connectivity index (χ1n) is 13.1. The van der Waals surface area contributed by atoms with Crippen LogP contribution in [0.5, 0.6) is 0 Å². The van der Waals surface area contributed by atoms with E-state index in [4.69, 9.17) is 0 Å². The molecule has 0 radical (unpaired) electrons. The van der Waals surface area contributed by atoms with Crippen LogP contribution in [0.3, 0.4) is 0 Å². The van der Waals surface area contributed by atoms with Crippen molar-refractivity contribution in [2.24, 2.45) is 5.41 Å². The zero-order chi connectivity index (χ0) is 31.2. The van der Waals surface area contributed by atoms with Crippen LogP contribution in [0.15, 0.2) is 58.6 Å². The van der Waals surface area contributed by atoms with Gasteiger partial charge in [0.25, 0.3) is 0 Å². The second-order valence-corrected chi connectivity index (χ2v) is 13.6. The maximum atomic E-state index is 14.3. The molecular weight excluding hydrogens is 573 g/mol. The molecule has 0 saturated carbocycles. The summed E-state index contributed by atoms with van der Waals surface area (Å²) in [5.41, 5.74) is -1.38. The van der Waals surface area contributed by atoms with Crippen LogP contribution in [-0.4, -0.2) is 44.7 Å². The number of imide groups is 1. The summed E-state index contributed by atoms with van der Waals surface area (Å²) in [6, 6.07) is 6.56. The third-order valence-electron chi connectivity index (χ3n) is 6.90. The number of alkyl halides is 3. The van der Waals surface area contributed by atoms with Crippen molar-refractivity contribution in [3.8, 4) is 6.07 Å². The van der Waals surface area contributed by atoms with Gasteiger partial charge in [-0.25, -0.2) is 14.5 Å². The quantitative estimate of drug-likeness (QED) is 0.342. The van der Waals surface area contributed by atoms with Crippen molar-refractivity contribution in [3.05, 3.63) is 70.4 Å². The number of halogens is 3. The molecule has 42 heavy (non-hydrogen) atoms. The molecule has 4 rings (SSSR count). The predicted molar refractivity (Wildman–Crippen MR) is 151 cm³/mol. The molecule has 1 heterocycles. The first kappa shape index (κ1) is 31.1. The largest absolute Gasteiger partial charge is 0.416 e. The van der Waals surface area contributed by atoms with E-state index in [1.165, 1.54) is 24.3 Å². The number of urea groups is 2. The van der Waals surface area contributed by atoms with Gasteiger partial charge in [-0.2, -0.15) is 29.0 Å². The second-order valence-electron chi connectivity index (χ2n) is 11.5. The number of nitriles is 1. The fourth-order valence-electron chi connectivity index (χ4n) is 5.03. The summed E-state index contributed by atoms with van der Waals surface area (Å²) in [6.45, 7) is 5.63. The van der Waals surface area contributed by atoms with Gasteiger partial charge in [-0.05, 0) is 48.6 Å². The predicted octanol–water partition coefficient (Wildman–Crippen LogP) is 7.06. The number of ketones is 1. The summed E-state index contributed by atoms with van der Waals surface area (Å²) < 4.78 is 62.4. The maximum absolute atomic E-state index is 14.3. The van der Waals surface area contributed by atoms with Crippen LogP contribution in [0.25, 0.3) is 0 Å². The van der Waals surface area contributed by atoms with Crippen molar-refractivity contribution in [1.82, 2.24) is 10.2 Å². The molecule has 4 amide bonds. The molecule has 1 atom stereocenters. The number of rotatable bonds is 4. The van der Waals surface area contributed by atoms with Crippen LogP contribution in [-0.2, 0) is 11.0 Å². The number of hydrogen-bond acceptors (Lipinski definition) is 6. The van der Waals surface area contributed by atoms with Gasteiger partial charge in [-0.15, -0.1) is 0 Å². The molecule has 1 aliphatic heterocycles. The molecule has 1 aliphatic carbocycles. The molecule has 0 fully saturated rings. The zero-order valence-electron chi connectivity index (χ0n) is 23.5. The lowest BCUT2D eigenvalue weighted by Crippen LogP contribution is -2.57. The number of allylic oxidation sites excluding steroid dienone is 1. The van der Waals surface area contributed by atoms with E-state index in [-0.39, 0.29) is 52.4 Å². The Morgan fingerprint density at radius 2 is 1.81 bits per heavy atom. The van der Waals surface area contributed by atoms with Crippen molar-refractivity contribution < 1.29 is 36.7 Å². The summed E-state index contributed by atoms with van der Waals surface area (Å²) >= 11 is 0. The molecule has 2 aromatic carbocycles. The van der Waals surface area contributed by atoms with Gasteiger partial charge >= 0.3 is 18.2 Å². The van der Waals surface area contributed by atoms with E-state index >= 15 is 0 Å². The Morgan fingerprint density at radius 3 is 2.40 bits per heavy atom. The van der Waals surface area contributed by atoms with E-state index in [1.807, 2.05) is 26.8 Å².